The second kappa shape index (κ2) is 5.96. The number of methoxy groups -OCH3 is 2. The molecule has 0 saturated carbocycles. The quantitative estimate of drug-likeness (QED) is 0.885. The van der Waals surface area contributed by atoms with Crippen LogP contribution < -0.4 is 19.7 Å². The van der Waals surface area contributed by atoms with Crippen LogP contribution in [0.25, 0.3) is 0 Å². The van der Waals surface area contributed by atoms with E-state index in [0.29, 0.717) is 6.04 Å². The van der Waals surface area contributed by atoms with Gasteiger partial charge in [0, 0.05) is 43.0 Å². The minimum absolute atomic E-state index is 0.647. The van der Waals surface area contributed by atoms with Gasteiger partial charge in [0.2, 0.25) is 0 Å². The van der Waals surface area contributed by atoms with Crippen LogP contribution >= 0.6 is 0 Å². The smallest absolute Gasteiger partial charge is 0.124 e. The molecule has 18 heavy (non-hydrogen) atoms. The molecule has 0 aromatic heterocycles. The van der Waals surface area contributed by atoms with Gasteiger partial charge >= 0.3 is 0 Å². The summed E-state index contributed by atoms with van der Waals surface area (Å²) in [6, 6.07) is 6.70. The molecule has 1 saturated heterocycles. The van der Waals surface area contributed by atoms with Crippen molar-refractivity contribution in [2.75, 3.05) is 39.3 Å². The topological polar surface area (TPSA) is 33.7 Å². The van der Waals surface area contributed by atoms with E-state index < -0.39 is 0 Å². The summed E-state index contributed by atoms with van der Waals surface area (Å²) in [4.78, 5) is 2.39. The van der Waals surface area contributed by atoms with Crippen LogP contribution in [-0.2, 0) is 0 Å². The van der Waals surface area contributed by atoms with Crippen LogP contribution in [-0.4, -0.2) is 40.4 Å². The molecular formula is C14H22N2O2. The highest BCUT2D eigenvalue weighted by Gasteiger charge is 2.18. The maximum absolute atomic E-state index is 5.31. The normalized spacial score (nSPS) is 16.7. The second-order valence-corrected chi connectivity index (χ2v) is 4.62. The minimum Gasteiger partial charge on any atom is -0.497 e. The number of nitrogens with zero attached hydrogens (tertiary/aromatic N) is 1. The Bertz CT molecular complexity index is 365. The number of rotatable bonds is 4. The maximum Gasteiger partial charge on any atom is 0.124 e. The predicted octanol–water partition coefficient (Wildman–Crippen LogP) is 1.89. The molecule has 0 spiro atoms. The summed E-state index contributed by atoms with van der Waals surface area (Å²) in [7, 11) is 5.41. The maximum atomic E-state index is 5.31. The lowest BCUT2D eigenvalue weighted by Crippen LogP contribution is -2.41. The van der Waals surface area contributed by atoms with Crippen LogP contribution in [0, 0.1) is 0 Å². The fraction of sp³-hybridized carbons (Fsp3) is 0.571. The number of benzene rings is 1. The number of nitrogens with one attached hydrogen (secondary N) is 1. The van der Waals surface area contributed by atoms with E-state index in [4.69, 9.17) is 9.47 Å². The van der Waals surface area contributed by atoms with Gasteiger partial charge in [0.05, 0.1) is 14.2 Å². The number of hydrogen-bond acceptors (Lipinski definition) is 4. The van der Waals surface area contributed by atoms with Crippen molar-refractivity contribution in [2.24, 2.45) is 0 Å². The molecule has 0 aliphatic carbocycles. The molecule has 0 bridgehead atoms. The number of ether oxygens (including phenoxy) is 2. The van der Waals surface area contributed by atoms with Crippen LogP contribution in [0.15, 0.2) is 18.2 Å². The Morgan fingerprint density at radius 1 is 1.06 bits per heavy atom. The Balaban J connectivity index is 2.13. The lowest BCUT2D eigenvalue weighted by molar-refractivity contribution is 0.393. The van der Waals surface area contributed by atoms with E-state index in [9.17, 15) is 0 Å². The summed E-state index contributed by atoms with van der Waals surface area (Å²) in [5.41, 5.74) is 1.18. The SMILES string of the molecule is CNC1CCN(c2cc(OC)cc(OC)c2)CC1. The predicted molar refractivity (Wildman–Crippen MR) is 73.8 cm³/mol. The molecule has 1 heterocycles. The first-order valence-corrected chi connectivity index (χ1v) is 6.42. The van der Waals surface area contributed by atoms with Crippen LogP contribution in [0.3, 0.4) is 0 Å². The van der Waals surface area contributed by atoms with Crippen molar-refractivity contribution in [1.82, 2.24) is 5.32 Å². The fourth-order valence-electron chi connectivity index (χ4n) is 2.40. The third kappa shape index (κ3) is 2.88. The van der Waals surface area contributed by atoms with Crippen molar-refractivity contribution in [3.8, 4) is 11.5 Å². The fourth-order valence-corrected chi connectivity index (χ4v) is 2.40. The highest BCUT2D eigenvalue weighted by Crippen LogP contribution is 2.29. The van der Waals surface area contributed by atoms with Crippen molar-refractivity contribution >= 4 is 5.69 Å². The summed E-state index contributed by atoms with van der Waals surface area (Å²) in [5, 5.41) is 3.34. The average Bonchev–Trinajstić information content (AvgIpc) is 2.46. The van der Waals surface area contributed by atoms with Gasteiger partial charge in [-0.15, -0.1) is 0 Å². The Kier molecular flexibility index (Phi) is 4.31. The zero-order chi connectivity index (χ0) is 13.0. The molecule has 1 aliphatic heterocycles. The summed E-state index contributed by atoms with van der Waals surface area (Å²) in [6.07, 6.45) is 2.35. The standard InChI is InChI=1S/C14H22N2O2/c1-15-11-4-6-16(7-5-11)12-8-13(17-2)10-14(9-12)18-3/h8-11,15H,4-7H2,1-3H3. The van der Waals surface area contributed by atoms with Crippen molar-refractivity contribution < 1.29 is 9.47 Å². The summed E-state index contributed by atoms with van der Waals surface area (Å²) < 4.78 is 10.6. The van der Waals surface area contributed by atoms with Gasteiger partial charge in [-0.25, -0.2) is 0 Å². The zero-order valence-electron chi connectivity index (χ0n) is 11.4. The summed E-state index contributed by atoms with van der Waals surface area (Å²) in [5.74, 6) is 1.69. The minimum atomic E-state index is 0.647. The molecule has 1 aromatic carbocycles. The monoisotopic (exact) mass is 250 g/mol. The van der Waals surface area contributed by atoms with E-state index in [0.717, 1.165) is 24.6 Å². The lowest BCUT2D eigenvalue weighted by Gasteiger charge is -2.33. The Morgan fingerprint density at radius 2 is 1.61 bits per heavy atom. The number of hydrogen-bond donors (Lipinski definition) is 1. The van der Waals surface area contributed by atoms with E-state index in [2.05, 4.69) is 22.3 Å². The van der Waals surface area contributed by atoms with Gasteiger partial charge in [0.25, 0.3) is 0 Å². The number of piperidine rings is 1. The molecule has 0 unspecified atom stereocenters. The molecule has 1 aliphatic rings. The average molecular weight is 250 g/mol. The van der Waals surface area contributed by atoms with Crippen molar-refractivity contribution in [3.05, 3.63) is 18.2 Å². The molecule has 2 rings (SSSR count). The molecule has 0 atom stereocenters. The van der Waals surface area contributed by atoms with E-state index in [-0.39, 0.29) is 0 Å². The molecule has 0 radical (unpaired) electrons. The van der Waals surface area contributed by atoms with Gasteiger partial charge < -0.3 is 19.7 Å². The molecule has 4 nitrogen and oxygen atoms in total. The molecule has 1 aromatic rings. The van der Waals surface area contributed by atoms with Crippen molar-refractivity contribution in [2.45, 2.75) is 18.9 Å². The third-order valence-corrected chi connectivity index (χ3v) is 3.60. The van der Waals surface area contributed by atoms with Crippen LogP contribution in [0.4, 0.5) is 5.69 Å². The molecular weight excluding hydrogens is 228 g/mol. The highest BCUT2D eigenvalue weighted by atomic mass is 16.5. The zero-order valence-corrected chi connectivity index (χ0v) is 11.4. The van der Waals surface area contributed by atoms with Crippen molar-refractivity contribution in [3.63, 3.8) is 0 Å². The van der Waals surface area contributed by atoms with E-state index in [1.807, 2.05) is 13.1 Å². The molecule has 100 valence electrons. The van der Waals surface area contributed by atoms with Crippen molar-refractivity contribution in [1.29, 1.82) is 0 Å². The first-order chi connectivity index (χ1) is 8.76. The van der Waals surface area contributed by atoms with Crippen LogP contribution in [0.1, 0.15) is 12.8 Å². The van der Waals surface area contributed by atoms with Gasteiger partial charge in [-0.3, -0.25) is 0 Å². The van der Waals surface area contributed by atoms with Gasteiger partial charge in [-0.2, -0.15) is 0 Å². The lowest BCUT2D eigenvalue weighted by atomic mass is 10.0. The number of anilines is 1. The molecule has 0 amide bonds. The Labute approximate surface area is 109 Å². The van der Waals surface area contributed by atoms with Gasteiger partial charge in [0.15, 0.2) is 0 Å². The van der Waals surface area contributed by atoms with Gasteiger partial charge in [0.1, 0.15) is 11.5 Å². The summed E-state index contributed by atoms with van der Waals surface area (Å²) in [6.45, 7) is 2.14. The Morgan fingerprint density at radius 3 is 2.06 bits per heavy atom. The molecule has 1 N–H and O–H groups in total. The second-order valence-electron chi connectivity index (χ2n) is 4.62. The highest BCUT2D eigenvalue weighted by molar-refractivity contribution is 5.56. The Hall–Kier alpha value is -1.42. The van der Waals surface area contributed by atoms with E-state index >= 15 is 0 Å². The van der Waals surface area contributed by atoms with E-state index in [1.54, 1.807) is 14.2 Å². The molecule has 4 heteroatoms. The molecule has 1 fully saturated rings. The van der Waals surface area contributed by atoms with E-state index in [1.165, 1.54) is 18.5 Å². The third-order valence-electron chi connectivity index (χ3n) is 3.60. The largest absolute Gasteiger partial charge is 0.497 e. The van der Waals surface area contributed by atoms with Crippen LogP contribution in [0.2, 0.25) is 0 Å². The first kappa shape index (κ1) is 13.0. The van der Waals surface area contributed by atoms with Crippen LogP contribution in [0.5, 0.6) is 11.5 Å². The van der Waals surface area contributed by atoms with Gasteiger partial charge in [-0.1, -0.05) is 0 Å². The summed E-state index contributed by atoms with van der Waals surface area (Å²) >= 11 is 0. The van der Waals surface area contributed by atoms with Gasteiger partial charge in [-0.05, 0) is 19.9 Å². The first-order valence-electron chi connectivity index (χ1n) is 6.42.